The van der Waals surface area contributed by atoms with Gasteiger partial charge >= 0.3 is 5.97 Å². The lowest BCUT2D eigenvalue weighted by Crippen LogP contribution is -2.50. The molecule has 0 radical (unpaired) electrons. The zero-order valence-electron chi connectivity index (χ0n) is 24.5. The van der Waals surface area contributed by atoms with Crippen LogP contribution in [0.5, 0.6) is 11.5 Å². The summed E-state index contributed by atoms with van der Waals surface area (Å²) in [6, 6.07) is 19.1. The number of aryl methyl sites for hydroxylation is 1. The fraction of sp³-hybridized carbons (Fsp3) is 0.429. The maximum absolute atomic E-state index is 12.0. The summed E-state index contributed by atoms with van der Waals surface area (Å²) in [6.45, 7) is 2.39. The van der Waals surface area contributed by atoms with Crippen molar-refractivity contribution in [2.75, 3.05) is 31.7 Å². The largest absolute Gasteiger partial charge is 0.497 e. The van der Waals surface area contributed by atoms with Crippen molar-refractivity contribution in [3.8, 4) is 11.5 Å². The molecule has 7 nitrogen and oxygen atoms in total. The molecule has 2 unspecified atom stereocenters. The third kappa shape index (κ3) is 6.11. The van der Waals surface area contributed by atoms with Gasteiger partial charge in [0.1, 0.15) is 17.8 Å². The van der Waals surface area contributed by atoms with E-state index in [9.17, 15) is 14.7 Å². The van der Waals surface area contributed by atoms with Crippen LogP contribution in [-0.4, -0.2) is 50.3 Å². The summed E-state index contributed by atoms with van der Waals surface area (Å²) in [5.41, 5.74) is 4.38. The van der Waals surface area contributed by atoms with Gasteiger partial charge in [0.15, 0.2) is 0 Å². The van der Waals surface area contributed by atoms with Gasteiger partial charge in [0.25, 0.3) is 0 Å². The van der Waals surface area contributed by atoms with Crippen LogP contribution in [0.1, 0.15) is 59.2 Å². The van der Waals surface area contributed by atoms with Gasteiger partial charge in [0.2, 0.25) is 0 Å². The van der Waals surface area contributed by atoms with Crippen LogP contribution < -0.4 is 14.4 Å². The Balaban J connectivity index is 1.27. The van der Waals surface area contributed by atoms with E-state index in [2.05, 4.69) is 17.0 Å². The van der Waals surface area contributed by atoms with Crippen molar-refractivity contribution in [1.29, 1.82) is 0 Å². The molecule has 1 fully saturated rings. The van der Waals surface area contributed by atoms with Crippen LogP contribution >= 0.6 is 11.6 Å². The van der Waals surface area contributed by atoms with E-state index in [1.54, 1.807) is 25.3 Å². The molecule has 3 aromatic rings. The van der Waals surface area contributed by atoms with Gasteiger partial charge in [-0.15, -0.1) is 0 Å². The summed E-state index contributed by atoms with van der Waals surface area (Å²) >= 11 is 6.39. The van der Waals surface area contributed by atoms with Gasteiger partial charge in [0.05, 0.1) is 37.7 Å². The average molecular weight is 604 g/mol. The second-order valence-electron chi connectivity index (χ2n) is 12.2. The first-order valence-electron chi connectivity index (χ1n) is 15.1. The van der Waals surface area contributed by atoms with Gasteiger partial charge in [-0.25, -0.2) is 4.79 Å². The zero-order valence-corrected chi connectivity index (χ0v) is 25.2. The fourth-order valence-corrected chi connectivity index (χ4v) is 7.42. The number of fused-ring (bicyclic) bond motifs is 3. The van der Waals surface area contributed by atoms with Gasteiger partial charge in [-0.2, -0.15) is 0 Å². The number of halogens is 1. The normalized spacial score (nSPS) is 23.3. The van der Waals surface area contributed by atoms with E-state index in [0.29, 0.717) is 37.8 Å². The van der Waals surface area contributed by atoms with Gasteiger partial charge < -0.3 is 29.0 Å². The Morgan fingerprint density at radius 2 is 2.00 bits per heavy atom. The number of methoxy groups -OCH3 is 1. The van der Waals surface area contributed by atoms with Crippen LogP contribution in [0.3, 0.4) is 0 Å². The highest BCUT2D eigenvalue weighted by Gasteiger charge is 2.44. The van der Waals surface area contributed by atoms with Crippen molar-refractivity contribution in [3.63, 3.8) is 0 Å². The number of carbonyl (C=O) groups is 2. The first-order valence-corrected chi connectivity index (χ1v) is 15.5. The zero-order chi connectivity index (χ0) is 30.0. The molecule has 1 saturated carbocycles. The number of hydrogen-bond donors (Lipinski definition) is 1. The van der Waals surface area contributed by atoms with E-state index in [1.807, 2.05) is 30.3 Å². The van der Waals surface area contributed by atoms with E-state index < -0.39 is 5.97 Å². The Labute approximate surface area is 257 Å². The number of ether oxygens (including phenoxy) is 3. The smallest absolute Gasteiger partial charge is 0.335 e. The van der Waals surface area contributed by atoms with Crippen LogP contribution in [0.15, 0.2) is 60.7 Å². The maximum Gasteiger partial charge on any atom is 0.335 e. The van der Waals surface area contributed by atoms with Crippen molar-refractivity contribution < 1.29 is 28.9 Å². The van der Waals surface area contributed by atoms with Crippen molar-refractivity contribution in [2.45, 2.75) is 56.7 Å². The van der Waals surface area contributed by atoms with E-state index in [0.717, 1.165) is 67.0 Å². The molecule has 1 aliphatic heterocycles. The number of benzene rings is 3. The fourth-order valence-electron chi connectivity index (χ4n) is 7.23. The van der Waals surface area contributed by atoms with Crippen molar-refractivity contribution in [2.24, 2.45) is 11.8 Å². The number of anilines is 1. The molecular weight excluding hydrogens is 566 g/mol. The number of aromatic carboxylic acids is 1. The summed E-state index contributed by atoms with van der Waals surface area (Å²) in [7, 11) is 1.64. The van der Waals surface area contributed by atoms with E-state index in [4.69, 9.17) is 25.8 Å². The second-order valence-corrected chi connectivity index (χ2v) is 12.6. The predicted octanol–water partition coefficient (Wildman–Crippen LogP) is 6.72. The molecular formula is C35H38ClNO6. The number of aldehydes is 1. The number of carboxylic acids is 1. The summed E-state index contributed by atoms with van der Waals surface area (Å²) < 4.78 is 18.1. The van der Waals surface area contributed by atoms with Gasteiger partial charge in [0, 0.05) is 29.9 Å². The van der Waals surface area contributed by atoms with Crippen molar-refractivity contribution >= 4 is 29.5 Å². The molecule has 0 bridgehead atoms. The quantitative estimate of drug-likeness (QED) is 0.257. The molecule has 1 spiro atoms. The molecule has 3 aromatic carbocycles. The molecule has 0 aromatic heterocycles. The highest BCUT2D eigenvalue weighted by atomic mass is 35.5. The SMILES string of the molecule is COc1ccc(COC(CC=O)[C@@H]2CC[C@H]2CN2CC3(CCCc4cc(Cl)ccc43)COc3ccc(C(=O)O)cc32)cc1. The minimum Gasteiger partial charge on any atom is -0.497 e. The molecule has 4 atom stereocenters. The van der Waals surface area contributed by atoms with Crippen LogP contribution in [0.2, 0.25) is 5.02 Å². The molecule has 226 valence electrons. The number of nitrogens with zero attached hydrogens (tertiary/aromatic N) is 1. The average Bonchev–Trinajstić information content (AvgIpc) is 3.15. The molecule has 1 heterocycles. The standard InChI is InChI=1S/C35H38ClNO6/c1-41-28-9-4-23(5-10-28)20-42-32(14-16-38)29-11-6-26(29)19-37-21-35(15-2-3-24-17-27(36)8-12-30(24)35)22-43-33-13-7-25(34(39)40)18-31(33)37/h4-5,7-10,12-13,16-18,26,29,32H,2-3,6,11,14-15,19-22H2,1H3,(H,39,40)/t26-,29+,32?,35?/m0/s1. The van der Waals surface area contributed by atoms with Gasteiger partial charge in [-0.3, -0.25) is 0 Å². The highest BCUT2D eigenvalue weighted by molar-refractivity contribution is 6.30. The van der Waals surface area contributed by atoms with Gasteiger partial charge in [-0.05, 0) is 103 Å². The van der Waals surface area contributed by atoms with E-state index >= 15 is 0 Å². The van der Waals surface area contributed by atoms with Crippen LogP contribution in [0, 0.1) is 11.8 Å². The first kappa shape index (κ1) is 29.5. The number of carboxylic acid groups (broad SMARTS) is 1. The topological polar surface area (TPSA) is 85.3 Å². The summed E-state index contributed by atoms with van der Waals surface area (Å²) in [6.07, 6.45) is 6.13. The van der Waals surface area contributed by atoms with E-state index in [-0.39, 0.29) is 23.0 Å². The summed E-state index contributed by atoms with van der Waals surface area (Å²) in [5.74, 6) is 1.07. The molecule has 8 heteroatoms. The van der Waals surface area contributed by atoms with Crippen molar-refractivity contribution in [3.05, 3.63) is 87.9 Å². The third-order valence-electron chi connectivity index (χ3n) is 9.64. The minimum absolute atomic E-state index is 0.182. The van der Waals surface area contributed by atoms with Gasteiger partial charge in [-0.1, -0.05) is 29.8 Å². The van der Waals surface area contributed by atoms with Crippen LogP contribution in [-0.2, 0) is 28.0 Å². The number of rotatable bonds is 10. The Bertz CT molecular complexity index is 1480. The molecule has 6 rings (SSSR count). The Kier molecular flexibility index (Phi) is 8.64. The minimum atomic E-state index is -0.959. The summed E-state index contributed by atoms with van der Waals surface area (Å²) in [4.78, 5) is 26.0. The molecule has 2 aliphatic carbocycles. The van der Waals surface area contributed by atoms with Crippen molar-refractivity contribution in [1.82, 2.24) is 0 Å². The number of hydrogen-bond acceptors (Lipinski definition) is 6. The van der Waals surface area contributed by atoms with E-state index in [1.165, 1.54) is 11.1 Å². The lowest BCUT2D eigenvalue weighted by molar-refractivity contribution is -0.114. The van der Waals surface area contributed by atoms with Crippen LogP contribution in [0.25, 0.3) is 0 Å². The maximum atomic E-state index is 12.0. The molecule has 3 aliphatic rings. The predicted molar refractivity (Wildman–Crippen MR) is 166 cm³/mol. The lowest BCUT2D eigenvalue weighted by Gasteiger charge is -2.46. The second kappa shape index (κ2) is 12.6. The summed E-state index contributed by atoms with van der Waals surface area (Å²) in [5, 5.41) is 10.5. The molecule has 0 saturated heterocycles. The Morgan fingerprint density at radius 3 is 2.72 bits per heavy atom. The lowest BCUT2D eigenvalue weighted by atomic mass is 9.68. The number of carbonyl (C=O) groups excluding carboxylic acids is 1. The Hall–Kier alpha value is -3.55. The first-order chi connectivity index (χ1) is 20.9. The molecule has 1 N–H and O–H groups in total. The van der Waals surface area contributed by atoms with Crippen LogP contribution in [0.4, 0.5) is 5.69 Å². The monoisotopic (exact) mass is 603 g/mol. The third-order valence-corrected chi connectivity index (χ3v) is 9.88. The Morgan fingerprint density at radius 1 is 1.16 bits per heavy atom. The molecule has 43 heavy (non-hydrogen) atoms. The molecule has 0 amide bonds. The highest BCUT2D eigenvalue weighted by Crippen LogP contribution is 2.47.